The topological polar surface area (TPSA) is 136 Å². The van der Waals surface area contributed by atoms with Crippen molar-refractivity contribution in [2.45, 2.75) is 52.3 Å². The number of carbonyl (C=O) groups is 3. The second-order valence-corrected chi connectivity index (χ2v) is 7.72. The van der Waals surface area contributed by atoms with E-state index in [1.807, 2.05) is 0 Å². The number of ether oxygens (including phenoxy) is 2. The Labute approximate surface area is 198 Å². The molecular weight excluding hydrogens is 506 g/mol. The van der Waals surface area contributed by atoms with Gasteiger partial charge in [0.05, 0.1) is 23.3 Å². The van der Waals surface area contributed by atoms with Crippen molar-refractivity contribution in [3.8, 4) is 11.5 Å². The van der Waals surface area contributed by atoms with Crippen molar-refractivity contribution in [3.05, 3.63) is 46.0 Å². The van der Waals surface area contributed by atoms with Crippen molar-refractivity contribution < 1.29 is 60.4 Å². The number of rotatable bonds is 8. The summed E-state index contributed by atoms with van der Waals surface area (Å²) >= 11 is 0. The predicted molar refractivity (Wildman–Crippen MR) is 107 cm³/mol. The van der Waals surface area contributed by atoms with E-state index < -0.39 is 87.4 Å². The molecule has 0 radical (unpaired) electrons. The number of nitrogens with zero attached hydrogens (tertiary/aromatic N) is 2. The molecule has 0 fully saturated rings. The monoisotopic (exact) mass is 524 g/mol. The second kappa shape index (κ2) is 9.99. The van der Waals surface area contributed by atoms with E-state index in [4.69, 9.17) is 9.47 Å². The number of hydrogen-bond acceptors (Lipinski definition) is 7. The first-order valence-electron chi connectivity index (χ1n) is 9.92. The SMILES string of the molecule is CC(C)Oc1c(C(=O)c2cnc(C(F)(F)F)c(C(=O)O)c2OC(C)C)cnc(C(F)(F)F)c1C(=O)O. The van der Waals surface area contributed by atoms with Crippen LogP contribution in [0, 0.1) is 0 Å². The molecule has 196 valence electrons. The minimum atomic E-state index is -5.28. The quantitative estimate of drug-likeness (QED) is 0.372. The van der Waals surface area contributed by atoms with E-state index in [0.717, 1.165) is 0 Å². The summed E-state index contributed by atoms with van der Waals surface area (Å²) in [5, 5.41) is 18.9. The maximum Gasteiger partial charge on any atom is 0.434 e. The Hall–Kier alpha value is -3.91. The van der Waals surface area contributed by atoms with Gasteiger partial charge in [-0.25, -0.2) is 19.6 Å². The molecule has 0 spiro atoms. The summed E-state index contributed by atoms with van der Waals surface area (Å²) in [5.41, 5.74) is -8.63. The number of carbonyl (C=O) groups excluding carboxylic acids is 1. The van der Waals surface area contributed by atoms with Crippen LogP contribution in [0.2, 0.25) is 0 Å². The predicted octanol–water partition coefficient (Wildman–Crippen LogP) is 4.72. The smallest absolute Gasteiger partial charge is 0.434 e. The third-order valence-corrected chi connectivity index (χ3v) is 4.22. The third kappa shape index (κ3) is 5.83. The Morgan fingerprint density at radius 3 is 1.25 bits per heavy atom. The molecule has 0 aliphatic heterocycles. The molecule has 2 heterocycles. The molecule has 9 nitrogen and oxygen atoms in total. The molecule has 0 aliphatic rings. The Bertz CT molecular complexity index is 1120. The van der Waals surface area contributed by atoms with Crippen LogP contribution in [0.1, 0.15) is 75.7 Å². The first-order chi connectivity index (χ1) is 16.4. The summed E-state index contributed by atoms with van der Waals surface area (Å²) in [6.45, 7) is 5.23. The standard InChI is InChI=1S/C21H18F6N2O7/c1-7(2)35-14-9(5-28-16(20(22,23)24)11(14)18(31)32)13(30)10-6-29-17(21(25,26)27)12(19(33)34)15(10)36-8(3)4/h5-8H,1-4H3,(H,31,32)(H,33,34). The Morgan fingerprint density at radius 2 is 1.03 bits per heavy atom. The van der Waals surface area contributed by atoms with Gasteiger partial charge in [0.2, 0.25) is 5.78 Å². The normalized spacial score (nSPS) is 12.1. The van der Waals surface area contributed by atoms with Gasteiger partial charge in [-0.05, 0) is 27.7 Å². The van der Waals surface area contributed by atoms with Gasteiger partial charge in [-0.3, -0.25) is 4.79 Å². The van der Waals surface area contributed by atoms with Gasteiger partial charge < -0.3 is 19.7 Å². The lowest BCUT2D eigenvalue weighted by Crippen LogP contribution is -2.23. The van der Waals surface area contributed by atoms with E-state index in [0.29, 0.717) is 12.4 Å². The molecule has 36 heavy (non-hydrogen) atoms. The summed E-state index contributed by atoms with van der Waals surface area (Å²) in [6, 6.07) is 0. The number of aromatic nitrogens is 2. The summed E-state index contributed by atoms with van der Waals surface area (Å²) in [5.74, 6) is -7.89. The number of ketones is 1. The molecule has 15 heteroatoms. The lowest BCUT2D eigenvalue weighted by Gasteiger charge is -2.21. The molecule has 0 amide bonds. The van der Waals surface area contributed by atoms with E-state index in [1.54, 1.807) is 0 Å². The lowest BCUT2D eigenvalue weighted by atomic mass is 9.98. The maximum absolute atomic E-state index is 13.4. The van der Waals surface area contributed by atoms with E-state index >= 15 is 0 Å². The molecular formula is C21H18F6N2O7. The second-order valence-electron chi connectivity index (χ2n) is 7.72. The minimum absolute atomic E-state index is 0.326. The third-order valence-electron chi connectivity index (χ3n) is 4.22. The van der Waals surface area contributed by atoms with Gasteiger partial charge in [-0.1, -0.05) is 0 Å². The van der Waals surface area contributed by atoms with Crippen molar-refractivity contribution >= 4 is 17.7 Å². The highest BCUT2D eigenvalue weighted by Crippen LogP contribution is 2.40. The van der Waals surface area contributed by atoms with E-state index in [9.17, 15) is 50.9 Å². The van der Waals surface area contributed by atoms with Crippen LogP contribution in [0.15, 0.2) is 12.4 Å². The van der Waals surface area contributed by atoms with Crippen LogP contribution in [0.4, 0.5) is 26.3 Å². The minimum Gasteiger partial charge on any atom is -0.489 e. The molecule has 0 atom stereocenters. The number of pyridine rings is 2. The number of alkyl halides is 6. The Balaban J connectivity index is 2.97. The Morgan fingerprint density at radius 1 is 0.722 bits per heavy atom. The van der Waals surface area contributed by atoms with Crippen molar-refractivity contribution in [1.29, 1.82) is 0 Å². The van der Waals surface area contributed by atoms with E-state index in [2.05, 4.69) is 9.97 Å². The van der Waals surface area contributed by atoms with Crippen molar-refractivity contribution in [1.82, 2.24) is 9.97 Å². The van der Waals surface area contributed by atoms with E-state index in [1.165, 1.54) is 27.7 Å². The average Bonchev–Trinajstić information content (AvgIpc) is 2.69. The zero-order valence-electron chi connectivity index (χ0n) is 18.9. The maximum atomic E-state index is 13.4. The van der Waals surface area contributed by atoms with Gasteiger partial charge in [-0.2, -0.15) is 26.3 Å². The van der Waals surface area contributed by atoms with Crippen LogP contribution in [-0.4, -0.2) is 50.1 Å². The highest BCUT2D eigenvalue weighted by Gasteiger charge is 2.43. The highest BCUT2D eigenvalue weighted by molar-refractivity contribution is 6.15. The molecule has 0 bridgehead atoms. The number of carboxylic acids is 2. The fourth-order valence-electron chi connectivity index (χ4n) is 3.00. The zero-order chi connectivity index (χ0) is 27.7. The summed E-state index contributed by atoms with van der Waals surface area (Å²) in [6.07, 6.45) is -11.8. The number of hydrogen-bond donors (Lipinski definition) is 2. The molecule has 2 aromatic rings. The largest absolute Gasteiger partial charge is 0.489 e. The van der Waals surface area contributed by atoms with Crippen LogP contribution in [0.25, 0.3) is 0 Å². The number of aromatic carboxylic acids is 2. The van der Waals surface area contributed by atoms with Crippen molar-refractivity contribution in [3.63, 3.8) is 0 Å². The van der Waals surface area contributed by atoms with Crippen LogP contribution in [0.5, 0.6) is 11.5 Å². The van der Waals surface area contributed by atoms with Crippen molar-refractivity contribution in [2.75, 3.05) is 0 Å². The number of carboxylic acid groups (broad SMARTS) is 2. The average molecular weight is 524 g/mol. The van der Waals surface area contributed by atoms with Crippen molar-refractivity contribution in [2.24, 2.45) is 0 Å². The zero-order valence-corrected chi connectivity index (χ0v) is 18.9. The van der Waals surface area contributed by atoms with Gasteiger partial charge in [-0.15, -0.1) is 0 Å². The first-order valence-corrected chi connectivity index (χ1v) is 9.92. The van der Waals surface area contributed by atoms with Gasteiger partial charge >= 0.3 is 24.3 Å². The molecule has 0 saturated heterocycles. The van der Waals surface area contributed by atoms with Gasteiger partial charge in [0.15, 0.2) is 11.4 Å². The van der Waals surface area contributed by atoms with Crippen LogP contribution in [0.3, 0.4) is 0 Å². The summed E-state index contributed by atoms with van der Waals surface area (Å²) in [7, 11) is 0. The Kier molecular flexibility index (Phi) is 7.86. The van der Waals surface area contributed by atoms with Crippen LogP contribution in [-0.2, 0) is 12.4 Å². The number of halogens is 6. The van der Waals surface area contributed by atoms with Gasteiger partial charge in [0.1, 0.15) is 22.6 Å². The van der Waals surface area contributed by atoms with E-state index in [-0.39, 0.29) is 0 Å². The lowest BCUT2D eigenvalue weighted by molar-refractivity contribution is -0.142. The summed E-state index contributed by atoms with van der Waals surface area (Å²) < 4.78 is 90.9. The molecule has 2 rings (SSSR count). The molecule has 0 aromatic carbocycles. The fourth-order valence-corrected chi connectivity index (χ4v) is 3.00. The van der Waals surface area contributed by atoms with Gasteiger partial charge in [0.25, 0.3) is 0 Å². The molecule has 2 aromatic heterocycles. The first kappa shape index (κ1) is 28.3. The fraction of sp³-hybridized carbons (Fsp3) is 0.381. The molecule has 0 aliphatic carbocycles. The van der Waals surface area contributed by atoms with Crippen LogP contribution < -0.4 is 9.47 Å². The molecule has 0 unspecified atom stereocenters. The molecule has 2 N–H and O–H groups in total. The molecule has 0 saturated carbocycles. The van der Waals surface area contributed by atoms with Crippen LogP contribution >= 0.6 is 0 Å². The highest BCUT2D eigenvalue weighted by atomic mass is 19.4. The van der Waals surface area contributed by atoms with Gasteiger partial charge in [0, 0.05) is 12.4 Å². The summed E-state index contributed by atoms with van der Waals surface area (Å²) in [4.78, 5) is 42.8.